The van der Waals surface area contributed by atoms with Gasteiger partial charge in [-0.05, 0) is 109 Å². The number of quaternary nitrogens is 1. The molecule has 0 radical (unpaired) electrons. The predicted octanol–water partition coefficient (Wildman–Crippen LogP) is 16.6. The van der Waals surface area contributed by atoms with E-state index in [1.807, 2.05) is 21.1 Å². The Morgan fingerprint density at radius 3 is 1.20 bits per heavy atom. The standard InChI is InChI=1S/C61H102NO8P/c1-6-8-10-12-14-16-18-20-22-24-25-26-27-28-29-30-31-32-33-34-35-36-37-38-40-42-44-46-48-50-52-54-61(64)70-59(58-69-71(65,66)68-56-55-62(3,4)5)57-67-60(63)53-51-49-47-45-43-41-39-23-21-19-17-15-13-11-9-7-2/h8,10,14,16-17,19-20,22-23,25-26,28-29,31-32,34-35,37-39,59H,6-7,9,11-13,15,18,21,24,27,30,33,36,40-58H2,1-5H3/b10-8-,16-14-,19-17-,22-20-,26-25-,29-28-,32-31-,35-34-,38-37-,39-23-. The molecule has 0 aliphatic rings. The molecule has 0 heterocycles. The van der Waals surface area contributed by atoms with Gasteiger partial charge in [0.15, 0.2) is 6.10 Å². The molecule has 0 saturated carbocycles. The van der Waals surface area contributed by atoms with Crippen LogP contribution >= 0.6 is 7.82 Å². The molecule has 0 aliphatic heterocycles. The second-order valence-corrected chi connectivity index (χ2v) is 20.6. The number of hydrogen-bond acceptors (Lipinski definition) is 8. The molecule has 2 unspecified atom stereocenters. The lowest BCUT2D eigenvalue weighted by Crippen LogP contribution is -2.37. The average Bonchev–Trinajstić information content (AvgIpc) is 3.33. The van der Waals surface area contributed by atoms with Crippen molar-refractivity contribution in [1.29, 1.82) is 0 Å². The monoisotopic (exact) mass is 1010 g/mol. The van der Waals surface area contributed by atoms with E-state index < -0.39 is 32.5 Å². The van der Waals surface area contributed by atoms with Gasteiger partial charge in [-0.25, -0.2) is 0 Å². The Morgan fingerprint density at radius 2 is 0.803 bits per heavy atom. The van der Waals surface area contributed by atoms with E-state index >= 15 is 0 Å². The Hall–Kier alpha value is -3.59. The molecule has 0 aliphatic carbocycles. The number of nitrogens with zero attached hydrogens (tertiary/aromatic N) is 1. The number of carbonyl (C=O) groups is 2. The third kappa shape index (κ3) is 55.6. The third-order valence-electron chi connectivity index (χ3n) is 11.2. The highest BCUT2D eigenvalue weighted by Crippen LogP contribution is 2.38. The second kappa shape index (κ2) is 51.3. The van der Waals surface area contributed by atoms with Crippen molar-refractivity contribution in [3.63, 3.8) is 0 Å². The topological polar surface area (TPSA) is 111 Å². The van der Waals surface area contributed by atoms with E-state index in [0.29, 0.717) is 23.9 Å². The quantitative estimate of drug-likeness (QED) is 0.0195. The summed E-state index contributed by atoms with van der Waals surface area (Å²) >= 11 is 0. The van der Waals surface area contributed by atoms with E-state index in [-0.39, 0.29) is 26.1 Å². The fourth-order valence-corrected chi connectivity index (χ4v) is 7.66. The van der Waals surface area contributed by atoms with Crippen LogP contribution in [0.1, 0.15) is 200 Å². The van der Waals surface area contributed by atoms with E-state index in [1.54, 1.807) is 0 Å². The molecule has 404 valence electrons. The van der Waals surface area contributed by atoms with Crippen molar-refractivity contribution in [3.8, 4) is 0 Å². The number of phosphoric ester groups is 1. The van der Waals surface area contributed by atoms with Crippen LogP contribution in [0.5, 0.6) is 0 Å². The second-order valence-electron chi connectivity index (χ2n) is 19.2. The first-order chi connectivity index (χ1) is 34.5. The van der Waals surface area contributed by atoms with Crippen LogP contribution in [-0.2, 0) is 32.7 Å². The van der Waals surface area contributed by atoms with Crippen molar-refractivity contribution >= 4 is 19.8 Å². The summed E-state index contributed by atoms with van der Waals surface area (Å²) in [7, 11) is 1.13. The summed E-state index contributed by atoms with van der Waals surface area (Å²) < 4.78 is 34.1. The van der Waals surface area contributed by atoms with Crippen LogP contribution in [0.25, 0.3) is 0 Å². The normalized spacial score (nSPS) is 14.3. The van der Waals surface area contributed by atoms with Gasteiger partial charge < -0.3 is 27.9 Å². The summed E-state index contributed by atoms with van der Waals surface area (Å²) in [6.07, 6.45) is 72.3. The van der Waals surface area contributed by atoms with Gasteiger partial charge >= 0.3 is 11.9 Å². The highest BCUT2D eigenvalue weighted by molar-refractivity contribution is 7.45. The summed E-state index contributed by atoms with van der Waals surface area (Å²) in [5.74, 6) is -0.876. The minimum Gasteiger partial charge on any atom is -0.756 e. The van der Waals surface area contributed by atoms with Crippen LogP contribution in [0, 0.1) is 0 Å². The Bertz CT molecular complexity index is 1610. The molecule has 0 aromatic heterocycles. The number of allylic oxidation sites excluding steroid dienone is 20. The minimum atomic E-state index is -4.65. The van der Waals surface area contributed by atoms with Crippen LogP contribution in [-0.4, -0.2) is 70.0 Å². The van der Waals surface area contributed by atoms with Crippen LogP contribution in [0.2, 0.25) is 0 Å². The largest absolute Gasteiger partial charge is 0.756 e. The van der Waals surface area contributed by atoms with Gasteiger partial charge in [-0.2, -0.15) is 0 Å². The molecule has 0 saturated heterocycles. The molecule has 0 spiro atoms. The third-order valence-corrected chi connectivity index (χ3v) is 12.2. The van der Waals surface area contributed by atoms with E-state index in [4.69, 9.17) is 18.5 Å². The first-order valence-electron chi connectivity index (χ1n) is 27.7. The number of rotatable bonds is 49. The average molecular weight is 1010 g/mol. The maximum absolute atomic E-state index is 12.8. The number of ether oxygens (including phenoxy) is 2. The summed E-state index contributed by atoms with van der Waals surface area (Å²) in [4.78, 5) is 37.8. The van der Waals surface area contributed by atoms with Gasteiger partial charge in [0, 0.05) is 12.8 Å². The fourth-order valence-electron chi connectivity index (χ4n) is 6.94. The van der Waals surface area contributed by atoms with Crippen molar-refractivity contribution in [2.45, 2.75) is 206 Å². The van der Waals surface area contributed by atoms with E-state index in [9.17, 15) is 19.0 Å². The molecule has 71 heavy (non-hydrogen) atoms. The van der Waals surface area contributed by atoms with E-state index in [1.165, 1.54) is 32.1 Å². The molecule has 10 heteroatoms. The zero-order valence-corrected chi connectivity index (χ0v) is 46.5. The van der Waals surface area contributed by atoms with Gasteiger partial charge in [-0.1, -0.05) is 200 Å². The van der Waals surface area contributed by atoms with Gasteiger partial charge in [0.1, 0.15) is 19.8 Å². The van der Waals surface area contributed by atoms with Crippen LogP contribution in [0.15, 0.2) is 122 Å². The highest BCUT2D eigenvalue weighted by atomic mass is 31.2. The minimum absolute atomic E-state index is 0.0432. The SMILES string of the molecule is CC/C=C\C/C=C\C/C=C\C/C=C\C/C=C\C/C=C\C/C=C\C/C=C\CCCCCCCCC(=O)OC(COC(=O)CCCCCCC/C=C\C/C=C\CCCCCC)COP(=O)([O-])OCC[N+](C)(C)C. The molecule has 0 rings (SSSR count). The Morgan fingerprint density at radius 1 is 0.451 bits per heavy atom. The molecule has 0 bridgehead atoms. The first-order valence-corrected chi connectivity index (χ1v) is 29.2. The summed E-state index contributed by atoms with van der Waals surface area (Å²) in [5, 5.41) is 0. The van der Waals surface area contributed by atoms with Crippen molar-refractivity contribution in [3.05, 3.63) is 122 Å². The van der Waals surface area contributed by atoms with Gasteiger partial charge in [0.05, 0.1) is 27.7 Å². The Labute approximate surface area is 435 Å². The fraction of sp³-hybridized carbons (Fsp3) is 0.639. The summed E-state index contributed by atoms with van der Waals surface area (Å²) in [6.45, 7) is 4.05. The molecule has 0 aromatic rings. The maximum atomic E-state index is 12.8. The zero-order valence-electron chi connectivity index (χ0n) is 45.6. The molecular formula is C61H102NO8P. The van der Waals surface area contributed by atoms with Gasteiger partial charge in [0.25, 0.3) is 7.82 Å². The molecule has 2 atom stereocenters. The lowest BCUT2D eigenvalue weighted by Gasteiger charge is -2.28. The smallest absolute Gasteiger partial charge is 0.306 e. The molecule has 9 nitrogen and oxygen atoms in total. The summed E-state index contributed by atoms with van der Waals surface area (Å²) in [5.41, 5.74) is 0. The van der Waals surface area contributed by atoms with Crippen LogP contribution in [0.3, 0.4) is 0 Å². The Kier molecular flexibility index (Phi) is 48.7. The zero-order chi connectivity index (χ0) is 52.0. The lowest BCUT2D eigenvalue weighted by atomic mass is 10.1. The number of unbranched alkanes of at least 4 members (excludes halogenated alkanes) is 15. The van der Waals surface area contributed by atoms with Crippen LogP contribution < -0.4 is 4.89 Å². The van der Waals surface area contributed by atoms with Gasteiger partial charge in [-0.15, -0.1) is 0 Å². The number of phosphoric acid groups is 1. The van der Waals surface area contributed by atoms with Gasteiger partial charge in [0.2, 0.25) is 0 Å². The number of carbonyl (C=O) groups excluding carboxylic acids is 2. The van der Waals surface area contributed by atoms with Crippen molar-refractivity contribution in [2.24, 2.45) is 0 Å². The maximum Gasteiger partial charge on any atom is 0.306 e. The van der Waals surface area contributed by atoms with Crippen molar-refractivity contribution in [2.75, 3.05) is 47.5 Å². The predicted molar refractivity (Wildman–Crippen MR) is 300 cm³/mol. The number of hydrogen-bond donors (Lipinski definition) is 0. The molecule has 0 N–H and O–H groups in total. The first kappa shape index (κ1) is 67.4. The van der Waals surface area contributed by atoms with Crippen LogP contribution in [0.4, 0.5) is 0 Å². The van der Waals surface area contributed by atoms with E-state index in [2.05, 4.69) is 135 Å². The highest BCUT2D eigenvalue weighted by Gasteiger charge is 2.21. The number of esters is 2. The molecule has 0 fully saturated rings. The molecule has 0 aromatic carbocycles. The van der Waals surface area contributed by atoms with Gasteiger partial charge in [-0.3, -0.25) is 14.2 Å². The molecule has 0 amide bonds. The molecular weight excluding hydrogens is 906 g/mol. The summed E-state index contributed by atoms with van der Waals surface area (Å²) in [6, 6.07) is 0. The number of likely N-dealkylation sites (N-methyl/N-ethyl adjacent to an activating group) is 1. The lowest BCUT2D eigenvalue weighted by molar-refractivity contribution is -0.870. The van der Waals surface area contributed by atoms with E-state index in [0.717, 1.165) is 128 Å². The Balaban J connectivity index is 4.27. The van der Waals surface area contributed by atoms with Crippen molar-refractivity contribution in [1.82, 2.24) is 0 Å². The van der Waals surface area contributed by atoms with Crippen molar-refractivity contribution < 1.29 is 42.1 Å².